The number of aliphatic carboxylic acids is 1. The maximum atomic E-state index is 12.6. The highest BCUT2D eigenvalue weighted by atomic mass is 16.4. The third-order valence-corrected chi connectivity index (χ3v) is 4.58. The molecule has 0 aromatic heterocycles. The molecule has 0 saturated carbocycles. The van der Waals surface area contributed by atoms with Gasteiger partial charge in [0.05, 0.1) is 11.1 Å². The summed E-state index contributed by atoms with van der Waals surface area (Å²) >= 11 is 0. The Balaban J connectivity index is 2.61. The molecular weight excluding hydrogens is 402 g/mol. The van der Waals surface area contributed by atoms with Gasteiger partial charge in [0.15, 0.2) is 5.78 Å². The average molecular weight is 431 g/mol. The lowest BCUT2D eigenvalue weighted by atomic mass is 9.92. The summed E-state index contributed by atoms with van der Waals surface area (Å²) in [5, 5.41) is 16.6. The van der Waals surface area contributed by atoms with Crippen molar-refractivity contribution in [1.82, 2.24) is 10.6 Å². The number of anilines is 1. The summed E-state index contributed by atoms with van der Waals surface area (Å²) in [7, 11) is 0. The molecule has 9 heteroatoms. The van der Waals surface area contributed by atoms with Gasteiger partial charge in [-0.05, 0) is 32.4 Å². The van der Waals surface area contributed by atoms with E-state index in [1.807, 2.05) is 0 Å². The molecule has 0 aliphatic carbocycles. The van der Waals surface area contributed by atoms with E-state index in [1.54, 1.807) is 38.1 Å². The Morgan fingerprint density at radius 3 is 2.35 bits per heavy atom. The molecule has 31 heavy (non-hydrogen) atoms. The minimum Gasteiger partial charge on any atom is -0.480 e. The summed E-state index contributed by atoms with van der Waals surface area (Å²) in [6, 6.07) is 5.43. The van der Waals surface area contributed by atoms with Crippen LogP contribution in [0.4, 0.5) is 5.69 Å². The SMILES string of the molecule is C=CC(C)(C)C(=O)Nc1ccccc1C(=O)CCNC(=O)CC[C@H](NC(C)=O)C(=O)O. The monoisotopic (exact) mass is 431 g/mol. The van der Waals surface area contributed by atoms with Crippen LogP contribution in [-0.2, 0) is 19.2 Å². The number of para-hydroxylation sites is 1. The Morgan fingerprint density at radius 2 is 1.77 bits per heavy atom. The molecule has 0 saturated heterocycles. The first-order valence-electron chi connectivity index (χ1n) is 9.81. The van der Waals surface area contributed by atoms with Gasteiger partial charge in [0, 0.05) is 31.9 Å². The second-order valence-corrected chi connectivity index (χ2v) is 7.58. The zero-order valence-electron chi connectivity index (χ0n) is 18.0. The van der Waals surface area contributed by atoms with E-state index in [9.17, 15) is 24.0 Å². The summed E-state index contributed by atoms with van der Waals surface area (Å²) < 4.78 is 0. The highest BCUT2D eigenvalue weighted by molar-refractivity contribution is 6.06. The van der Waals surface area contributed by atoms with E-state index in [0.717, 1.165) is 0 Å². The first kappa shape index (κ1) is 25.5. The largest absolute Gasteiger partial charge is 0.480 e. The van der Waals surface area contributed by atoms with Crippen LogP contribution in [0, 0.1) is 5.41 Å². The average Bonchev–Trinajstić information content (AvgIpc) is 2.70. The number of carbonyl (C=O) groups is 5. The molecule has 1 rings (SSSR count). The number of nitrogens with one attached hydrogen (secondary N) is 3. The van der Waals surface area contributed by atoms with Crippen LogP contribution in [0.2, 0.25) is 0 Å². The molecule has 3 amide bonds. The number of carboxylic acids is 1. The lowest BCUT2D eigenvalue weighted by Crippen LogP contribution is -2.40. The van der Waals surface area contributed by atoms with E-state index in [-0.39, 0.29) is 37.5 Å². The molecule has 0 bridgehead atoms. The van der Waals surface area contributed by atoms with E-state index in [0.29, 0.717) is 11.3 Å². The zero-order chi connectivity index (χ0) is 23.6. The van der Waals surface area contributed by atoms with Gasteiger partial charge in [0.2, 0.25) is 17.7 Å². The van der Waals surface area contributed by atoms with Crippen LogP contribution in [0.5, 0.6) is 0 Å². The van der Waals surface area contributed by atoms with Crippen molar-refractivity contribution in [2.45, 2.75) is 46.1 Å². The molecule has 0 spiro atoms. The Hall–Kier alpha value is -3.49. The number of benzene rings is 1. The van der Waals surface area contributed by atoms with Crippen LogP contribution in [0.1, 0.15) is 50.4 Å². The van der Waals surface area contributed by atoms with Crippen molar-refractivity contribution in [2.24, 2.45) is 5.41 Å². The second-order valence-electron chi connectivity index (χ2n) is 7.58. The highest BCUT2D eigenvalue weighted by Gasteiger charge is 2.25. The van der Waals surface area contributed by atoms with Gasteiger partial charge >= 0.3 is 5.97 Å². The summed E-state index contributed by atoms with van der Waals surface area (Å²) in [4.78, 5) is 59.0. The maximum absolute atomic E-state index is 12.6. The molecule has 9 nitrogen and oxygen atoms in total. The van der Waals surface area contributed by atoms with Crippen molar-refractivity contribution in [3.63, 3.8) is 0 Å². The molecule has 4 N–H and O–H groups in total. The standard InChI is InChI=1S/C22H29N3O6/c1-5-22(3,4)21(31)25-16-9-7-6-8-15(16)18(27)12-13-23-19(28)11-10-17(20(29)30)24-14(2)26/h5-9,17H,1,10-13H2,2-4H3,(H,23,28)(H,24,26)(H,25,31)(H,29,30)/t17-/m0/s1. The van der Waals surface area contributed by atoms with Crippen molar-refractivity contribution >= 4 is 35.2 Å². The Morgan fingerprint density at radius 1 is 1.13 bits per heavy atom. The third kappa shape index (κ3) is 8.41. The van der Waals surface area contributed by atoms with Gasteiger partial charge in [-0.2, -0.15) is 0 Å². The Kier molecular flexibility index (Phi) is 9.59. The van der Waals surface area contributed by atoms with E-state index < -0.39 is 29.2 Å². The Labute approximate surface area is 181 Å². The van der Waals surface area contributed by atoms with E-state index >= 15 is 0 Å². The minimum absolute atomic E-state index is 0.00245. The number of carboxylic acid groups (broad SMARTS) is 1. The summed E-state index contributed by atoms with van der Waals surface area (Å²) in [6.45, 7) is 8.29. The smallest absolute Gasteiger partial charge is 0.326 e. The quantitative estimate of drug-likeness (QED) is 0.294. The van der Waals surface area contributed by atoms with E-state index in [1.165, 1.54) is 13.0 Å². The first-order chi connectivity index (χ1) is 14.5. The van der Waals surface area contributed by atoms with Crippen LogP contribution in [0.3, 0.4) is 0 Å². The first-order valence-corrected chi connectivity index (χ1v) is 9.81. The van der Waals surface area contributed by atoms with Crippen molar-refractivity contribution in [2.75, 3.05) is 11.9 Å². The van der Waals surface area contributed by atoms with Gasteiger partial charge in [-0.25, -0.2) is 4.79 Å². The number of hydrogen-bond donors (Lipinski definition) is 4. The van der Waals surface area contributed by atoms with Crippen molar-refractivity contribution in [1.29, 1.82) is 0 Å². The number of carbonyl (C=O) groups excluding carboxylic acids is 4. The van der Waals surface area contributed by atoms with Crippen LogP contribution >= 0.6 is 0 Å². The zero-order valence-corrected chi connectivity index (χ0v) is 18.0. The van der Waals surface area contributed by atoms with Crippen molar-refractivity contribution in [3.05, 3.63) is 42.5 Å². The summed E-state index contributed by atoms with van der Waals surface area (Å²) in [6.07, 6.45) is 1.33. The number of amides is 3. The van der Waals surface area contributed by atoms with Gasteiger partial charge in [0.25, 0.3) is 0 Å². The highest BCUT2D eigenvalue weighted by Crippen LogP contribution is 2.22. The van der Waals surface area contributed by atoms with Gasteiger partial charge in [-0.1, -0.05) is 18.2 Å². The fourth-order valence-electron chi connectivity index (χ4n) is 2.53. The molecule has 1 aromatic rings. The van der Waals surface area contributed by atoms with Gasteiger partial charge < -0.3 is 21.1 Å². The molecule has 0 unspecified atom stereocenters. The topological polar surface area (TPSA) is 142 Å². The normalized spacial score (nSPS) is 11.7. The molecule has 0 heterocycles. The van der Waals surface area contributed by atoms with Crippen molar-refractivity contribution in [3.8, 4) is 0 Å². The van der Waals surface area contributed by atoms with Crippen LogP contribution < -0.4 is 16.0 Å². The van der Waals surface area contributed by atoms with Gasteiger partial charge in [-0.3, -0.25) is 19.2 Å². The van der Waals surface area contributed by atoms with Gasteiger partial charge in [0.1, 0.15) is 6.04 Å². The second kappa shape index (κ2) is 11.6. The summed E-state index contributed by atoms with van der Waals surface area (Å²) in [5.74, 6) is -2.73. The number of rotatable bonds is 12. The number of hydrogen-bond acceptors (Lipinski definition) is 5. The predicted octanol–water partition coefficient (Wildman–Crippen LogP) is 1.90. The molecular formula is C22H29N3O6. The minimum atomic E-state index is -1.23. The van der Waals surface area contributed by atoms with Crippen LogP contribution in [0.25, 0.3) is 0 Å². The van der Waals surface area contributed by atoms with Crippen LogP contribution in [-0.4, -0.2) is 47.2 Å². The van der Waals surface area contributed by atoms with Gasteiger partial charge in [-0.15, -0.1) is 6.58 Å². The lowest BCUT2D eigenvalue weighted by Gasteiger charge is -2.20. The third-order valence-electron chi connectivity index (χ3n) is 4.58. The number of ketones is 1. The van der Waals surface area contributed by atoms with E-state index in [4.69, 9.17) is 5.11 Å². The molecule has 0 radical (unpaired) electrons. The predicted molar refractivity (Wildman–Crippen MR) is 115 cm³/mol. The lowest BCUT2D eigenvalue weighted by molar-refractivity contribution is -0.141. The molecule has 1 atom stereocenters. The molecule has 0 fully saturated rings. The van der Waals surface area contributed by atoms with Crippen molar-refractivity contribution < 1.29 is 29.1 Å². The summed E-state index contributed by atoms with van der Waals surface area (Å²) in [5.41, 5.74) is -0.116. The molecule has 1 aromatic carbocycles. The Bertz CT molecular complexity index is 863. The maximum Gasteiger partial charge on any atom is 0.326 e. The molecule has 0 aliphatic rings. The fourth-order valence-corrected chi connectivity index (χ4v) is 2.53. The molecule has 168 valence electrons. The van der Waals surface area contributed by atoms with E-state index in [2.05, 4.69) is 22.5 Å². The number of Topliss-reactive ketones (excluding diaryl/α,β-unsaturated/α-hetero) is 1. The van der Waals surface area contributed by atoms with Crippen LogP contribution in [0.15, 0.2) is 36.9 Å². The molecule has 0 aliphatic heterocycles. The fraction of sp³-hybridized carbons (Fsp3) is 0.409.